The Morgan fingerprint density at radius 3 is 2.32 bits per heavy atom. The van der Waals surface area contributed by atoms with Gasteiger partial charge in [0.1, 0.15) is 17.8 Å². The Morgan fingerprint density at radius 2 is 1.68 bits per heavy atom. The van der Waals surface area contributed by atoms with Crippen LogP contribution in [0.1, 0.15) is 51.2 Å². The van der Waals surface area contributed by atoms with Crippen LogP contribution in [0.25, 0.3) is 0 Å². The summed E-state index contributed by atoms with van der Waals surface area (Å²) in [5.41, 5.74) is 4.06. The summed E-state index contributed by atoms with van der Waals surface area (Å²) in [7, 11) is -0.730. The van der Waals surface area contributed by atoms with Crippen LogP contribution in [0.5, 0.6) is 5.75 Å². The van der Waals surface area contributed by atoms with Crippen LogP contribution in [-0.4, -0.2) is 57.3 Å². The van der Waals surface area contributed by atoms with Crippen molar-refractivity contribution in [2.24, 2.45) is 0 Å². The van der Waals surface area contributed by atoms with E-state index in [4.69, 9.17) is 9.15 Å². The Bertz CT molecular complexity index is 1340. The highest BCUT2D eigenvalue weighted by Gasteiger charge is 2.26. The van der Waals surface area contributed by atoms with E-state index in [-0.39, 0.29) is 17.3 Å². The van der Waals surface area contributed by atoms with Crippen LogP contribution in [0, 0.1) is 13.8 Å². The van der Waals surface area contributed by atoms with Crippen LogP contribution in [0.2, 0.25) is 0 Å². The number of carbonyl (C=O) groups excluding carboxylic acids is 1. The molecule has 9 heteroatoms. The van der Waals surface area contributed by atoms with Gasteiger partial charge in [0.05, 0.1) is 24.1 Å². The first-order chi connectivity index (χ1) is 18.2. The van der Waals surface area contributed by atoms with E-state index in [1.165, 1.54) is 54.7 Å². The normalized spacial score (nSPS) is 14.2. The third-order valence-corrected chi connectivity index (χ3v) is 9.07. The highest BCUT2D eigenvalue weighted by atomic mass is 32.2. The maximum Gasteiger partial charge on any atom is 0.254 e. The molecule has 0 bridgehead atoms. The van der Waals surface area contributed by atoms with E-state index in [1.807, 2.05) is 0 Å². The van der Waals surface area contributed by atoms with Crippen molar-refractivity contribution in [3.8, 4) is 5.75 Å². The lowest BCUT2D eigenvalue weighted by atomic mass is 10.1. The van der Waals surface area contributed by atoms with Gasteiger partial charge in [-0.05, 0) is 86.7 Å². The number of nitrogens with one attached hydrogen (secondary N) is 1. The third kappa shape index (κ3) is 6.64. The zero-order chi connectivity index (χ0) is 27.3. The van der Waals surface area contributed by atoms with Crippen LogP contribution in [0.4, 0.5) is 0 Å². The van der Waals surface area contributed by atoms with Crippen LogP contribution in [0.15, 0.2) is 58.0 Å². The van der Waals surface area contributed by atoms with Crippen molar-refractivity contribution in [2.45, 2.75) is 51.1 Å². The Labute approximate surface area is 225 Å². The molecule has 4 rings (SSSR count). The monoisotopic (exact) mass is 539 g/mol. The minimum absolute atomic E-state index is 0.00427. The number of carbonyl (C=O) groups is 1. The van der Waals surface area contributed by atoms with Crippen molar-refractivity contribution in [1.82, 2.24) is 14.5 Å². The van der Waals surface area contributed by atoms with Crippen molar-refractivity contribution < 1.29 is 22.4 Å². The van der Waals surface area contributed by atoms with E-state index in [2.05, 4.69) is 34.5 Å². The molecule has 1 aromatic heterocycles. The van der Waals surface area contributed by atoms with Gasteiger partial charge in [-0.15, -0.1) is 0 Å². The average Bonchev–Trinajstić information content (AvgIpc) is 3.57. The molecule has 0 radical (unpaired) electrons. The second-order valence-corrected chi connectivity index (χ2v) is 11.9. The number of likely N-dealkylation sites (tertiary alicyclic amines) is 1. The Balaban J connectivity index is 1.29. The molecule has 38 heavy (non-hydrogen) atoms. The molecule has 1 N–H and O–H groups in total. The molecule has 0 aliphatic carbocycles. The molecule has 3 aromatic rings. The zero-order valence-corrected chi connectivity index (χ0v) is 23.4. The zero-order valence-electron chi connectivity index (χ0n) is 22.6. The molecule has 2 aromatic carbocycles. The van der Waals surface area contributed by atoms with Gasteiger partial charge in [0.25, 0.3) is 5.91 Å². The molecule has 1 aliphatic heterocycles. The van der Waals surface area contributed by atoms with Gasteiger partial charge in [-0.1, -0.05) is 24.3 Å². The van der Waals surface area contributed by atoms with E-state index >= 15 is 0 Å². The lowest BCUT2D eigenvalue weighted by Gasteiger charge is -2.19. The smallest absolute Gasteiger partial charge is 0.254 e. The summed E-state index contributed by atoms with van der Waals surface area (Å²) in [6.45, 7) is 7.34. The first-order valence-electron chi connectivity index (χ1n) is 12.9. The van der Waals surface area contributed by atoms with E-state index in [9.17, 15) is 13.2 Å². The number of sulfonamides is 1. The van der Waals surface area contributed by atoms with Gasteiger partial charge < -0.3 is 14.5 Å². The molecule has 1 saturated heterocycles. The van der Waals surface area contributed by atoms with Gasteiger partial charge >= 0.3 is 0 Å². The first kappa shape index (κ1) is 27.9. The average molecular weight is 540 g/mol. The largest absolute Gasteiger partial charge is 0.497 e. The van der Waals surface area contributed by atoms with Crippen LogP contribution < -0.4 is 10.1 Å². The fourth-order valence-electron chi connectivity index (χ4n) is 4.91. The number of rotatable bonds is 11. The predicted octanol–water partition coefficient (Wildman–Crippen LogP) is 4.29. The molecular weight excluding hydrogens is 502 g/mol. The Hall–Kier alpha value is -3.14. The summed E-state index contributed by atoms with van der Waals surface area (Å²) in [5.74, 6) is 0.745. The standard InChI is InChI=1S/C29H37N3O5S/c1-21-15-26(36-4)16-22(2)28(21)38(34,35)31(3)19-27-17-25(20-37-27)29(33)30-12-11-23-7-9-24(10-8-23)18-32-13-5-6-14-32/h7-10,15-17,20H,5-6,11-14,18-19H2,1-4H3,(H,30,33). The molecule has 8 nitrogen and oxygen atoms in total. The predicted molar refractivity (Wildman–Crippen MR) is 147 cm³/mol. The number of furan rings is 1. The van der Waals surface area contributed by atoms with E-state index < -0.39 is 10.0 Å². The van der Waals surface area contributed by atoms with Crippen molar-refractivity contribution in [3.63, 3.8) is 0 Å². The van der Waals surface area contributed by atoms with Crippen molar-refractivity contribution >= 4 is 15.9 Å². The minimum atomic E-state index is -3.77. The molecule has 0 atom stereocenters. The molecule has 0 spiro atoms. The van der Waals surface area contributed by atoms with E-state index in [0.717, 1.165) is 13.0 Å². The molecule has 1 amide bonds. The van der Waals surface area contributed by atoms with E-state index in [0.29, 0.717) is 34.7 Å². The van der Waals surface area contributed by atoms with Crippen molar-refractivity contribution in [1.29, 1.82) is 0 Å². The Morgan fingerprint density at radius 1 is 1.05 bits per heavy atom. The summed E-state index contributed by atoms with van der Waals surface area (Å²) in [6.07, 6.45) is 4.66. The van der Waals surface area contributed by atoms with Crippen LogP contribution >= 0.6 is 0 Å². The van der Waals surface area contributed by atoms with Crippen molar-refractivity contribution in [3.05, 3.63) is 82.3 Å². The fourth-order valence-corrected chi connectivity index (χ4v) is 6.45. The number of benzene rings is 2. The number of methoxy groups -OCH3 is 1. The summed E-state index contributed by atoms with van der Waals surface area (Å²) in [5, 5.41) is 2.92. The fraction of sp³-hybridized carbons (Fsp3) is 0.414. The first-order valence-corrected chi connectivity index (χ1v) is 14.4. The third-order valence-electron chi connectivity index (χ3n) is 6.96. The number of ether oxygens (including phenoxy) is 1. The van der Waals surface area contributed by atoms with Gasteiger partial charge in [-0.3, -0.25) is 9.69 Å². The quantitative estimate of drug-likeness (QED) is 0.391. The molecule has 1 fully saturated rings. The molecule has 2 heterocycles. The highest BCUT2D eigenvalue weighted by molar-refractivity contribution is 7.89. The summed E-state index contributed by atoms with van der Waals surface area (Å²) < 4.78 is 38.5. The van der Waals surface area contributed by atoms with E-state index in [1.54, 1.807) is 39.2 Å². The van der Waals surface area contributed by atoms with Crippen LogP contribution in [-0.2, 0) is 29.5 Å². The number of amides is 1. The highest BCUT2D eigenvalue weighted by Crippen LogP contribution is 2.28. The second kappa shape index (κ2) is 12.1. The lowest BCUT2D eigenvalue weighted by molar-refractivity contribution is 0.0953. The van der Waals surface area contributed by atoms with Gasteiger partial charge in [0.2, 0.25) is 10.0 Å². The Kier molecular flexibility index (Phi) is 8.91. The SMILES string of the molecule is COc1cc(C)c(S(=O)(=O)N(C)Cc2cc(C(=O)NCCc3ccc(CN4CCCC4)cc3)co2)c(C)c1. The minimum Gasteiger partial charge on any atom is -0.497 e. The van der Waals surface area contributed by atoms with Gasteiger partial charge in [-0.25, -0.2) is 8.42 Å². The number of hydrogen-bond donors (Lipinski definition) is 1. The van der Waals surface area contributed by atoms with Gasteiger partial charge in [0, 0.05) is 20.1 Å². The summed E-state index contributed by atoms with van der Waals surface area (Å²) in [4.78, 5) is 15.3. The van der Waals surface area contributed by atoms with Gasteiger partial charge in [-0.2, -0.15) is 4.31 Å². The molecule has 0 unspecified atom stereocenters. The summed E-state index contributed by atoms with van der Waals surface area (Å²) >= 11 is 0. The molecular formula is C29H37N3O5S. The maximum atomic E-state index is 13.3. The topological polar surface area (TPSA) is 92.1 Å². The number of hydrogen-bond acceptors (Lipinski definition) is 6. The number of aryl methyl sites for hydroxylation is 2. The number of nitrogens with zero attached hydrogens (tertiary/aromatic N) is 2. The van der Waals surface area contributed by atoms with Crippen LogP contribution in [0.3, 0.4) is 0 Å². The summed E-state index contributed by atoms with van der Waals surface area (Å²) in [6, 6.07) is 13.6. The molecule has 0 saturated carbocycles. The maximum absolute atomic E-state index is 13.3. The lowest BCUT2D eigenvalue weighted by Crippen LogP contribution is -2.28. The van der Waals surface area contributed by atoms with Crippen molar-refractivity contribution in [2.75, 3.05) is 33.8 Å². The molecule has 1 aliphatic rings. The molecule has 204 valence electrons. The van der Waals surface area contributed by atoms with Gasteiger partial charge in [0.15, 0.2) is 0 Å². The second-order valence-electron chi connectivity index (χ2n) is 9.96.